The summed E-state index contributed by atoms with van der Waals surface area (Å²) in [5, 5.41) is 27.1. The van der Waals surface area contributed by atoms with Crippen molar-refractivity contribution >= 4 is 46.3 Å². The Morgan fingerprint density at radius 2 is 1.77 bits per heavy atom. The highest BCUT2D eigenvalue weighted by atomic mass is 19.1. The topological polar surface area (TPSA) is 219 Å². The van der Waals surface area contributed by atoms with Crippen LogP contribution in [0.4, 0.5) is 25.4 Å². The molecule has 1 aliphatic heterocycles. The fourth-order valence-electron chi connectivity index (χ4n) is 6.67. The Morgan fingerprint density at radius 1 is 1.05 bits per heavy atom. The van der Waals surface area contributed by atoms with Crippen LogP contribution in [-0.2, 0) is 22.7 Å². The molecular formula is C38H49FN10O7. The zero-order valence-corrected chi connectivity index (χ0v) is 32.0. The van der Waals surface area contributed by atoms with E-state index in [0.717, 1.165) is 17.3 Å². The van der Waals surface area contributed by atoms with Crippen molar-refractivity contribution in [2.75, 3.05) is 49.5 Å². The number of primary amides is 1. The van der Waals surface area contributed by atoms with Crippen LogP contribution in [0.3, 0.4) is 0 Å². The third kappa shape index (κ3) is 10.1. The number of pyridine rings is 1. The molecule has 6 N–H and O–H groups in total. The van der Waals surface area contributed by atoms with E-state index < -0.39 is 34.9 Å². The average molecular weight is 777 g/mol. The predicted octanol–water partition coefficient (Wildman–Crippen LogP) is 3.84. The molecule has 3 heterocycles. The van der Waals surface area contributed by atoms with Crippen molar-refractivity contribution < 1.29 is 33.4 Å². The molecule has 0 saturated carbocycles. The first-order valence-corrected chi connectivity index (χ1v) is 18.6. The summed E-state index contributed by atoms with van der Waals surface area (Å²) in [5.41, 5.74) is 7.02. The minimum Gasteiger partial charge on any atom is -0.477 e. The summed E-state index contributed by atoms with van der Waals surface area (Å²) in [6.45, 7) is 9.81. The summed E-state index contributed by atoms with van der Waals surface area (Å²) in [6.07, 6.45) is 3.90. The molecule has 18 heteroatoms. The Hall–Kier alpha value is -6.20. The maximum Gasteiger partial charge on any atom is 0.410 e. The van der Waals surface area contributed by atoms with Gasteiger partial charge >= 0.3 is 18.1 Å². The summed E-state index contributed by atoms with van der Waals surface area (Å²) in [7, 11) is 0. The molecule has 5 rings (SSSR count). The predicted molar refractivity (Wildman–Crippen MR) is 207 cm³/mol. The number of carboxylic acid groups (broad SMARTS) is 1. The van der Waals surface area contributed by atoms with E-state index in [1.165, 1.54) is 13.1 Å². The van der Waals surface area contributed by atoms with E-state index in [4.69, 9.17) is 10.5 Å². The number of hydrogen-bond acceptors (Lipinski definition) is 10. The highest BCUT2D eigenvalue weighted by Crippen LogP contribution is 2.27. The standard InChI is InChI=1S/C38H49FN10O7/c1-5-46-20-29(36(52)53)35(51)28-17-30(39)33(18-32(28)46)47-13-15-48(16-14-47)38(55)56-22-25-8-10-26(11-9-25)42-19-27(7-6-12-41-37(40)54)49-21-31(44-45-49)34(23(2)3)43-24(4)50/h8-11,17-18,20-21,23,27,34,42H,5-7,12-16,19,22H2,1-4H3,(H,43,50)(H,52,53)(H3,40,41,54)/t27-,34+/m1/s1. The number of carboxylic acids is 1. The number of anilines is 2. The summed E-state index contributed by atoms with van der Waals surface area (Å²) < 4.78 is 24.3. The second-order valence-electron chi connectivity index (χ2n) is 14.0. The van der Waals surface area contributed by atoms with Crippen molar-refractivity contribution in [2.24, 2.45) is 11.7 Å². The van der Waals surface area contributed by atoms with Crippen LogP contribution in [0.5, 0.6) is 0 Å². The number of halogens is 1. The number of aromatic carboxylic acids is 1. The molecule has 300 valence electrons. The van der Waals surface area contributed by atoms with E-state index in [-0.39, 0.29) is 54.7 Å². The number of hydrogen-bond donors (Lipinski definition) is 5. The highest BCUT2D eigenvalue weighted by Gasteiger charge is 2.26. The number of benzene rings is 2. The Balaban J connectivity index is 1.15. The Bertz CT molecular complexity index is 2090. The van der Waals surface area contributed by atoms with Crippen LogP contribution in [0.1, 0.15) is 74.2 Å². The molecule has 17 nitrogen and oxygen atoms in total. The van der Waals surface area contributed by atoms with Gasteiger partial charge in [-0.15, -0.1) is 5.10 Å². The van der Waals surface area contributed by atoms with Gasteiger partial charge in [0.1, 0.15) is 23.7 Å². The van der Waals surface area contributed by atoms with Gasteiger partial charge in [0, 0.05) is 70.0 Å². The molecule has 2 atom stereocenters. The van der Waals surface area contributed by atoms with Gasteiger partial charge in [0.25, 0.3) is 0 Å². The van der Waals surface area contributed by atoms with Gasteiger partial charge < -0.3 is 45.9 Å². The quantitative estimate of drug-likeness (QED) is 0.103. The van der Waals surface area contributed by atoms with Gasteiger partial charge in [-0.2, -0.15) is 0 Å². The molecule has 0 bridgehead atoms. The Labute approximate surface area is 323 Å². The van der Waals surface area contributed by atoms with Crippen LogP contribution in [0.2, 0.25) is 0 Å². The lowest BCUT2D eigenvalue weighted by molar-refractivity contribution is -0.120. The number of piperazine rings is 1. The molecule has 1 aliphatic rings. The van der Waals surface area contributed by atoms with Crippen molar-refractivity contribution in [3.8, 4) is 0 Å². The van der Waals surface area contributed by atoms with E-state index in [0.29, 0.717) is 56.8 Å². The molecule has 2 aromatic heterocycles. The van der Waals surface area contributed by atoms with Crippen molar-refractivity contribution in [1.82, 2.24) is 35.1 Å². The summed E-state index contributed by atoms with van der Waals surface area (Å²) >= 11 is 0. The van der Waals surface area contributed by atoms with Gasteiger partial charge in [0.05, 0.1) is 29.5 Å². The molecular weight excluding hydrogens is 727 g/mol. The average Bonchev–Trinajstić information content (AvgIpc) is 3.65. The van der Waals surface area contributed by atoms with E-state index >= 15 is 4.39 Å². The van der Waals surface area contributed by atoms with Crippen LogP contribution in [0.15, 0.2) is 53.6 Å². The van der Waals surface area contributed by atoms with Crippen molar-refractivity contribution in [3.05, 3.63) is 81.7 Å². The molecule has 0 unspecified atom stereocenters. The van der Waals surface area contributed by atoms with Gasteiger partial charge in [0.2, 0.25) is 11.3 Å². The normalized spacial score (nSPS) is 14.0. The molecule has 56 heavy (non-hydrogen) atoms. The fourth-order valence-corrected chi connectivity index (χ4v) is 6.67. The van der Waals surface area contributed by atoms with E-state index in [9.17, 15) is 29.1 Å². The first kappa shape index (κ1) is 41.0. The Kier molecular flexibility index (Phi) is 13.5. The smallest absolute Gasteiger partial charge is 0.410 e. The molecule has 0 spiro atoms. The van der Waals surface area contributed by atoms with Crippen molar-refractivity contribution in [1.29, 1.82) is 0 Å². The lowest BCUT2D eigenvalue weighted by Gasteiger charge is -2.35. The van der Waals surface area contributed by atoms with Crippen LogP contribution >= 0.6 is 0 Å². The summed E-state index contributed by atoms with van der Waals surface area (Å²) in [4.78, 5) is 63.6. The zero-order valence-electron chi connectivity index (χ0n) is 32.0. The number of urea groups is 1. The number of nitrogens with two attached hydrogens (primary N) is 1. The van der Waals surface area contributed by atoms with Gasteiger partial charge in [-0.3, -0.25) is 9.59 Å². The molecule has 4 amide bonds. The number of amides is 4. The second-order valence-corrected chi connectivity index (χ2v) is 14.0. The number of nitrogens with one attached hydrogen (secondary N) is 3. The lowest BCUT2D eigenvalue weighted by atomic mass is 10.0. The molecule has 2 aromatic carbocycles. The number of nitrogens with zero attached hydrogens (tertiary/aromatic N) is 6. The minimum atomic E-state index is -1.37. The monoisotopic (exact) mass is 776 g/mol. The van der Waals surface area contributed by atoms with Crippen molar-refractivity contribution in [3.63, 3.8) is 0 Å². The first-order valence-electron chi connectivity index (χ1n) is 18.6. The highest BCUT2D eigenvalue weighted by molar-refractivity contribution is 5.93. The SMILES string of the molecule is CCn1cc(C(=O)O)c(=O)c2cc(F)c(N3CCN(C(=O)OCc4ccc(NC[C@@H](CCCNC(N)=O)n5cc([C@@H](NC(C)=O)C(C)C)nn5)cc4)CC3)cc21. The maximum absolute atomic E-state index is 15.3. The molecule has 4 aromatic rings. The Morgan fingerprint density at radius 3 is 2.39 bits per heavy atom. The molecule has 0 aliphatic carbocycles. The third-order valence-electron chi connectivity index (χ3n) is 9.72. The molecule has 1 saturated heterocycles. The van der Waals surface area contributed by atoms with Gasteiger partial charge in [-0.1, -0.05) is 31.2 Å². The number of ether oxygens (including phenoxy) is 1. The number of carbonyl (C=O) groups excluding carboxylic acids is 3. The number of aryl methyl sites for hydroxylation is 1. The number of rotatable bonds is 16. The van der Waals surface area contributed by atoms with Crippen LogP contribution < -0.4 is 32.0 Å². The van der Waals surface area contributed by atoms with E-state index in [2.05, 4.69) is 26.3 Å². The lowest BCUT2D eigenvalue weighted by Crippen LogP contribution is -2.49. The van der Waals surface area contributed by atoms with Crippen LogP contribution in [0.25, 0.3) is 10.9 Å². The van der Waals surface area contributed by atoms with Crippen LogP contribution in [0, 0.1) is 11.7 Å². The van der Waals surface area contributed by atoms with E-state index in [1.54, 1.807) is 32.0 Å². The summed E-state index contributed by atoms with van der Waals surface area (Å²) in [5.74, 6) is -2.08. The first-order chi connectivity index (χ1) is 26.7. The maximum atomic E-state index is 15.3. The van der Waals surface area contributed by atoms with E-state index in [1.807, 2.05) is 44.3 Å². The van der Waals surface area contributed by atoms with Crippen molar-refractivity contribution in [2.45, 2.75) is 65.8 Å². The van der Waals surface area contributed by atoms with Gasteiger partial charge in [0.15, 0.2) is 0 Å². The number of fused-ring (bicyclic) bond motifs is 1. The van der Waals surface area contributed by atoms with Gasteiger partial charge in [-0.05, 0) is 55.5 Å². The fraction of sp³-hybridized carbons (Fsp3) is 0.447. The zero-order chi connectivity index (χ0) is 40.5. The second kappa shape index (κ2) is 18.4. The third-order valence-corrected chi connectivity index (χ3v) is 9.72. The molecule has 1 fully saturated rings. The van der Waals surface area contributed by atoms with Crippen LogP contribution in [-0.4, -0.2) is 92.8 Å². The summed E-state index contributed by atoms with van der Waals surface area (Å²) in [6, 6.07) is 9.09. The molecule has 0 radical (unpaired) electrons. The minimum absolute atomic E-state index is 0.00372. The number of aromatic nitrogens is 4. The van der Waals surface area contributed by atoms with Gasteiger partial charge in [-0.25, -0.2) is 23.5 Å². The largest absolute Gasteiger partial charge is 0.477 e. The number of carbonyl (C=O) groups is 4.